The number of nitrogens with one attached hydrogen (secondary N) is 1. The molecular weight excluding hydrogens is 164 g/mol. The third kappa shape index (κ3) is 1.49. The molecule has 2 rings (SSSR count). The van der Waals surface area contributed by atoms with E-state index in [0.717, 1.165) is 35.9 Å². The number of hydrogen-bond acceptors (Lipinski definition) is 3. The molecule has 0 aliphatic carbocycles. The zero-order valence-electron chi connectivity index (χ0n) is 7.63. The largest absolute Gasteiger partial charge is 0.493 e. The molecule has 0 fully saturated rings. The summed E-state index contributed by atoms with van der Waals surface area (Å²) in [6.07, 6.45) is 2.67. The Morgan fingerprint density at radius 3 is 3.31 bits per heavy atom. The van der Waals surface area contributed by atoms with E-state index in [1.54, 1.807) is 6.20 Å². The van der Waals surface area contributed by atoms with E-state index in [1.165, 1.54) is 0 Å². The molecule has 2 heterocycles. The van der Waals surface area contributed by atoms with Crippen molar-refractivity contribution in [1.29, 1.82) is 0 Å². The van der Waals surface area contributed by atoms with Gasteiger partial charge in [0, 0.05) is 23.9 Å². The standard InChI is InChI=1S/C10H12N2O/c1-7(2)12-10-8-4-6-13-9(8)3-5-11-10/h3,5H,1,4,6H2,2H3,(H,11,12). The minimum atomic E-state index is 0.756. The Kier molecular flexibility index (Phi) is 1.93. The average Bonchev–Trinajstić information content (AvgIpc) is 2.51. The molecule has 0 atom stereocenters. The van der Waals surface area contributed by atoms with Gasteiger partial charge in [-0.05, 0) is 13.0 Å². The SMILES string of the molecule is C=C(C)Nc1nccc2c1CCO2. The van der Waals surface area contributed by atoms with Crippen molar-refractivity contribution in [2.75, 3.05) is 11.9 Å². The van der Waals surface area contributed by atoms with Gasteiger partial charge in [-0.1, -0.05) is 6.58 Å². The molecule has 3 heteroatoms. The van der Waals surface area contributed by atoms with Crippen molar-refractivity contribution in [2.45, 2.75) is 13.3 Å². The molecule has 0 bridgehead atoms. The van der Waals surface area contributed by atoms with Crippen molar-refractivity contribution in [3.63, 3.8) is 0 Å². The zero-order chi connectivity index (χ0) is 9.26. The minimum absolute atomic E-state index is 0.756. The molecule has 0 saturated carbocycles. The van der Waals surface area contributed by atoms with Crippen LogP contribution in [0.3, 0.4) is 0 Å². The molecule has 0 aromatic carbocycles. The fourth-order valence-corrected chi connectivity index (χ4v) is 1.42. The number of nitrogens with zero attached hydrogens (tertiary/aromatic N) is 1. The van der Waals surface area contributed by atoms with Gasteiger partial charge in [0.2, 0.25) is 0 Å². The van der Waals surface area contributed by atoms with Crippen molar-refractivity contribution < 1.29 is 4.74 Å². The second kappa shape index (κ2) is 3.09. The van der Waals surface area contributed by atoms with E-state index in [4.69, 9.17) is 4.74 Å². The first-order valence-electron chi connectivity index (χ1n) is 4.30. The highest BCUT2D eigenvalue weighted by atomic mass is 16.5. The van der Waals surface area contributed by atoms with E-state index < -0.39 is 0 Å². The van der Waals surface area contributed by atoms with Gasteiger partial charge in [-0.2, -0.15) is 0 Å². The fourth-order valence-electron chi connectivity index (χ4n) is 1.42. The number of anilines is 1. The van der Waals surface area contributed by atoms with E-state index in [-0.39, 0.29) is 0 Å². The van der Waals surface area contributed by atoms with Crippen molar-refractivity contribution in [2.24, 2.45) is 0 Å². The summed E-state index contributed by atoms with van der Waals surface area (Å²) in [5.74, 6) is 1.82. The summed E-state index contributed by atoms with van der Waals surface area (Å²) in [6, 6.07) is 1.89. The van der Waals surface area contributed by atoms with Crippen LogP contribution in [0.2, 0.25) is 0 Å². The lowest BCUT2D eigenvalue weighted by Crippen LogP contribution is -1.99. The maximum Gasteiger partial charge on any atom is 0.137 e. The molecule has 0 amide bonds. The summed E-state index contributed by atoms with van der Waals surface area (Å²) in [7, 11) is 0. The summed E-state index contributed by atoms with van der Waals surface area (Å²) in [6.45, 7) is 6.45. The molecule has 13 heavy (non-hydrogen) atoms. The van der Waals surface area contributed by atoms with Crippen LogP contribution in [0.4, 0.5) is 5.82 Å². The highest BCUT2D eigenvalue weighted by molar-refractivity contribution is 5.55. The van der Waals surface area contributed by atoms with Gasteiger partial charge in [-0.25, -0.2) is 4.98 Å². The molecule has 0 unspecified atom stereocenters. The van der Waals surface area contributed by atoms with E-state index in [9.17, 15) is 0 Å². The van der Waals surface area contributed by atoms with Crippen LogP contribution in [0.5, 0.6) is 5.75 Å². The van der Waals surface area contributed by atoms with Gasteiger partial charge in [0.1, 0.15) is 11.6 Å². The van der Waals surface area contributed by atoms with Crippen LogP contribution in [0, 0.1) is 0 Å². The summed E-state index contributed by atoms with van der Waals surface area (Å²) in [4.78, 5) is 4.24. The molecule has 68 valence electrons. The lowest BCUT2D eigenvalue weighted by molar-refractivity contribution is 0.356. The van der Waals surface area contributed by atoms with Gasteiger partial charge in [-0.3, -0.25) is 0 Å². The zero-order valence-corrected chi connectivity index (χ0v) is 7.63. The van der Waals surface area contributed by atoms with Crippen LogP contribution in [0.25, 0.3) is 0 Å². The van der Waals surface area contributed by atoms with Crippen LogP contribution < -0.4 is 10.1 Å². The first-order valence-corrected chi connectivity index (χ1v) is 4.30. The van der Waals surface area contributed by atoms with E-state index >= 15 is 0 Å². The molecular formula is C10H12N2O. The first-order chi connectivity index (χ1) is 6.27. The number of aromatic nitrogens is 1. The van der Waals surface area contributed by atoms with Crippen LogP contribution in [0.1, 0.15) is 12.5 Å². The number of hydrogen-bond donors (Lipinski definition) is 1. The maximum atomic E-state index is 5.41. The highest BCUT2D eigenvalue weighted by Crippen LogP contribution is 2.29. The Balaban J connectivity index is 2.36. The van der Waals surface area contributed by atoms with Gasteiger partial charge in [0.25, 0.3) is 0 Å². The monoisotopic (exact) mass is 176 g/mol. The molecule has 0 radical (unpaired) electrons. The van der Waals surface area contributed by atoms with Crippen molar-refractivity contribution in [3.8, 4) is 5.75 Å². The van der Waals surface area contributed by atoms with Gasteiger partial charge >= 0.3 is 0 Å². The molecule has 0 spiro atoms. The Bertz CT molecular complexity index is 347. The highest BCUT2D eigenvalue weighted by Gasteiger charge is 2.16. The topological polar surface area (TPSA) is 34.2 Å². The second-order valence-electron chi connectivity index (χ2n) is 3.14. The number of fused-ring (bicyclic) bond motifs is 1. The van der Waals surface area contributed by atoms with Crippen molar-refractivity contribution in [1.82, 2.24) is 4.98 Å². The van der Waals surface area contributed by atoms with Gasteiger partial charge in [-0.15, -0.1) is 0 Å². The van der Waals surface area contributed by atoms with Gasteiger partial charge in [0.05, 0.1) is 6.61 Å². The number of allylic oxidation sites excluding steroid dienone is 1. The normalized spacial score (nSPS) is 13.3. The molecule has 3 nitrogen and oxygen atoms in total. The average molecular weight is 176 g/mol. The van der Waals surface area contributed by atoms with Crippen LogP contribution in [-0.2, 0) is 6.42 Å². The Morgan fingerprint density at radius 2 is 2.54 bits per heavy atom. The van der Waals surface area contributed by atoms with Crippen LogP contribution >= 0.6 is 0 Å². The Labute approximate surface area is 77.4 Å². The first kappa shape index (κ1) is 8.10. The summed E-state index contributed by atoms with van der Waals surface area (Å²) < 4.78 is 5.41. The molecule has 1 aliphatic heterocycles. The molecule has 1 aromatic rings. The Morgan fingerprint density at radius 1 is 1.69 bits per heavy atom. The van der Waals surface area contributed by atoms with E-state index in [1.807, 2.05) is 13.0 Å². The van der Waals surface area contributed by atoms with Crippen LogP contribution in [-0.4, -0.2) is 11.6 Å². The van der Waals surface area contributed by atoms with E-state index in [0.29, 0.717) is 0 Å². The third-order valence-corrected chi connectivity index (χ3v) is 1.95. The minimum Gasteiger partial charge on any atom is -0.493 e. The predicted molar refractivity (Wildman–Crippen MR) is 51.9 cm³/mol. The van der Waals surface area contributed by atoms with Gasteiger partial charge in [0.15, 0.2) is 0 Å². The van der Waals surface area contributed by atoms with Crippen LogP contribution in [0.15, 0.2) is 24.5 Å². The molecule has 1 aliphatic rings. The van der Waals surface area contributed by atoms with Gasteiger partial charge < -0.3 is 10.1 Å². The molecule has 1 N–H and O–H groups in total. The predicted octanol–water partition coefficient (Wildman–Crippen LogP) is 1.96. The van der Waals surface area contributed by atoms with E-state index in [2.05, 4.69) is 16.9 Å². The lowest BCUT2D eigenvalue weighted by atomic mass is 10.2. The summed E-state index contributed by atoms with van der Waals surface area (Å²) in [5.41, 5.74) is 2.05. The third-order valence-electron chi connectivity index (χ3n) is 1.95. The molecule has 1 aromatic heterocycles. The number of ether oxygens (including phenoxy) is 1. The summed E-state index contributed by atoms with van der Waals surface area (Å²) in [5, 5.41) is 3.12. The van der Waals surface area contributed by atoms with Crippen molar-refractivity contribution >= 4 is 5.82 Å². The molecule has 0 saturated heterocycles. The number of pyridine rings is 1. The second-order valence-corrected chi connectivity index (χ2v) is 3.14. The summed E-state index contributed by atoms with van der Waals surface area (Å²) >= 11 is 0. The number of rotatable bonds is 2. The smallest absolute Gasteiger partial charge is 0.137 e. The lowest BCUT2D eigenvalue weighted by Gasteiger charge is -2.07. The Hall–Kier alpha value is -1.51. The fraction of sp³-hybridized carbons (Fsp3) is 0.300. The quantitative estimate of drug-likeness (QED) is 0.748. The maximum absolute atomic E-state index is 5.41. The van der Waals surface area contributed by atoms with Crippen molar-refractivity contribution in [3.05, 3.63) is 30.1 Å².